The van der Waals surface area contributed by atoms with Crippen molar-refractivity contribution in [3.63, 3.8) is 0 Å². The van der Waals surface area contributed by atoms with E-state index in [-0.39, 0.29) is 0 Å². The van der Waals surface area contributed by atoms with E-state index in [1.165, 1.54) is 44.1 Å². The van der Waals surface area contributed by atoms with E-state index in [0.717, 1.165) is 29.4 Å². The van der Waals surface area contributed by atoms with Crippen molar-refractivity contribution in [3.05, 3.63) is 41.5 Å². The van der Waals surface area contributed by atoms with Crippen LogP contribution in [-0.2, 0) is 6.42 Å². The molecule has 28 heavy (non-hydrogen) atoms. The summed E-state index contributed by atoms with van der Waals surface area (Å²) in [6.45, 7) is 19.8. The molecule has 0 aromatic carbocycles. The van der Waals surface area contributed by atoms with Crippen molar-refractivity contribution >= 4 is 5.57 Å². The maximum atomic E-state index is 6.50. The minimum absolute atomic E-state index is 0.795. The van der Waals surface area contributed by atoms with Gasteiger partial charge >= 0.3 is 0 Å². The molecule has 1 aromatic rings. The van der Waals surface area contributed by atoms with E-state index >= 15 is 0 Å². The third kappa shape index (κ3) is 12.4. The number of nitrogens with zero attached hydrogens (tertiary/aromatic N) is 1. The molecule has 1 aromatic heterocycles. The van der Waals surface area contributed by atoms with Gasteiger partial charge in [-0.05, 0) is 31.4 Å². The van der Waals surface area contributed by atoms with E-state index in [9.17, 15) is 0 Å². The van der Waals surface area contributed by atoms with Crippen LogP contribution >= 0.6 is 0 Å². The highest BCUT2D eigenvalue weighted by atomic mass is 16.3. The number of furan rings is 1. The lowest BCUT2D eigenvalue weighted by Gasteiger charge is -2.18. The first-order chi connectivity index (χ1) is 13.7. The maximum Gasteiger partial charge on any atom is 0.135 e. The van der Waals surface area contributed by atoms with Crippen molar-refractivity contribution in [2.24, 2.45) is 11.7 Å². The quantitative estimate of drug-likeness (QED) is 0.524. The molecule has 3 nitrogen and oxygen atoms in total. The van der Waals surface area contributed by atoms with Gasteiger partial charge in [-0.15, -0.1) is 0 Å². The van der Waals surface area contributed by atoms with Crippen LogP contribution in [0.2, 0.25) is 0 Å². The van der Waals surface area contributed by atoms with Gasteiger partial charge in [0.1, 0.15) is 5.76 Å². The molecule has 0 spiro atoms. The van der Waals surface area contributed by atoms with Gasteiger partial charge in [0, 0.05) is 23.4 Å². The van der Waals surface area contributed by atoms with E-state index < -0.39 is 0 Å². The van der Waals surface area contributed by atoms with Crippen molar-refractivity contribution in [1.82, 2.24) is 0 Å². The Morgan fingerprint density at radius 3 is 2.04 bits per heavy atom. The summed E-state index contributed by atoms with van der Waals surface area (Å²) < 4.78 is 5.34. The number of hydrogen-bond acceptors (Lipinski definition) is 3. The second-order valence-electron chi connectivity index (χ2n) is 5.87. The molecule has 162 valence electrons. The zero-order valence-electron chi connectivity index (χ0n) is 19.8. The molecule has 0 amide bonds. The van der Waals surface area contributed by atoms with Gasteiger partial charge in [-0.1, -0.05) is 93.1 Å². The highest BCUT2D eigenvalue weighted by Crippen LogP contribution is 2.26. The molecule has 3 rings (SSSR count). The van der Waals surface area contributed by atoms with E-state index in [4.69, 9.17) is 15.4 Å². The van der Waals surface area contributed by atoms with E-state index in [2.05, 4.69) is 19.6 Å². The lowest BCUT2D eigenvalue weighted by molar-refractivity contribution is 0.349. The minimum atomic E-state index is 0.795. The smallest absolute Gasteiger partial charge is 0.135 e. The van der Waals surface area contributed by atoms with Gasteiger partial charge in [0.05, 0.1) is 6.26 Å². The van der Waals surface area contributed by atoms with Crippen molar-refractivity contribution in [3.8, 4) is 6.57 Å². The van der Waals surface area contributed by atoms with Crippen molar-refractivity contribution < 1.29 is 4.42 Å². The average Bonchev–Trinajstić information content (AvgIpc) is 3.23. The third-order valence-corrected chi connectivity index (χ3v) is 4.46. The molecule has 3 heteroatoms. The van der Waals surface area contributed by atoms with Gasteiger partial charge in [0.25, 0.3) is 0 Å². The number of nitrogens with two attached hydrogens (primary N) is 1. The normalized spacial score (nSPS) is 14.4. The molecule has 1 saturated carbocycles. The Labute approximate surface area is 175 Å². The SMILES string of the molecule is C#N.CC.CC.CC.CC1=C(N)C=CCc2ccoc21.CCC1CCCCC1. The summed E-state index contributed by atoms with van der Waals surface area (Å²) >= 11 is 0. The van der Waals surface area contributed by atoms with Crippen molar-refractivity contribution in [2.45, 2.75) is 100 Å². The first-order valence-corrected chi connectivity index (χ1v) is 11.2. The first-order valence-electron chi connectivity index (χ1n) is 11.2. The van der Waals surface area contributed by atoms with Gasteiger partial charge in [-0.2, -0.15) is 0 Å². The fourth-order valence-electron chi connectivity index (χ4n) is 2.99. The van der Waals surface area contributed by atoms with Gasteiger partial charge in [-0.25, -0.2) is 5.26 Å². The Kier molecular flexibility index (Phi) is 25.4. The summed E-state index contributed by atoms with van der Waals surface area (Å²) in [4.78, 5) is 0. The van der Waals surface area contributed by atoms with Gasteiger partial charge in [-0.3, -0.25) is 0 Å². The van der Waals surface area contributed by atoms with E-state index in [1.54, 1.807) is 6.26 Å². The molecular weight excluding hydrogens is 344 g/mol. The number of hydrogen-bond donors (Lipinski definition) is 1. The van der Waals surface area contributed by atoms with Crippen molar-refractivity contribution in [1.29, 1.82) is 5.26 Å². The maximum absolute atomic E-state index is 6.50. The Balaban J connectivity index is -0.000000342. The van der Waals surface area contributed by atoms with Crippen LogP contribution in [-0.4, -0.2) is 0 Å². The van der Waals surface area contributed by atoms with Crippen molar-refractivity contribution in [2.75, 3.05) is 0 Å². The lowest BCUT2D eigenvalue weighted by atomic mass is 9.88. The predicted molar refractivity (Wildman–Crippen MR) is 126 cm³/mol. The summed E-state index contributed by atoms with van der Waals surface area (Å²) in [6.07, 6.45) is 15.5. The Bertz CT molecular complexity index is 518. The molecule has 1 fully saturated rings. The van der Waals surface area contributed by atoms with E-state index in [0.29, 0.717) is 0 Å². The summed E-state index contributed by atoms with van der Waals surface area (Å²) in [6, 6.07) is 1.99. The highest BCUT2D eigenvalue weighted by Gasteiger charge is 2.11. The molecular formula is C25H46N2O. The third-order valence-electron chi connectivity index (χ3n) is 4.46. The van der Waals surface area contributed by atoms with Crippen LogP contribution in [0.5, 0.6) is 0 Å². The molecule has 0 aliphatic heterocycles. The monoisotopic (exact) mass is 390 g/mol. The fraction of sp³-hybridized carbons (Fsp3) is 0.640. The molecule has 0 radical (unpaired) electrons. The van der Waals surface area contributed by atoms with Gasteiger partial charge < -0.3 is 10.2 Å². The largest absolute Gasteiger partial charge is 0.464 e. The van der Waals surface area contributed by atoms with Gasteiger partial charge in [0.15, 0.2) is 0 Å². The number of fused-ring (bicyclic) bond motifs is 1. The molecule has 0 saturated heterocycles. The molecule has 0 bridgehead atoms. The van der Waals surface area contributed by atoms with Crippen LogP contribution < -0.4 is 5.73 Å². The molecule has 2 aliphatic carbocycles. The van der Waals surface area contributed by atoms with Crippen LogP contribution in [0.25, 0.3) is 5.57 Å². The molecule has 2 N–H and O–H groups in total. The zero-order valence-corrected chi connectivity index (χ0v) is 19.8. The average molecular weight is 391 g/mol. The standard InChI is InChI=1S/C10H11NO.C8H16.3C2H6.CHN/c1-7-9(11)4-2-3-8-5-6-12-10(7)8;1-2-8-6-4-3-5-7-8;4*1-2/h2,4-6H,3,11H2,1H3;8H,2-7H2,1H3;3*1-2H3;1H. The zero-order chi connectivity index (χ0) is 22.4. The Morgan fingerprint density at radius 1 is 1.04 bits per heavy atom. The van der Waals surface area contributed by atoms with Crippen LogP contribution in [0, 0.1) is 17.8 Å². The molecule has 1 heterocycles. The van der Waals surface area contributed by atoms with Gasteiger partial charge in [0.2, 0.25) is 0 Å². The molecule has 0 unspecified atom stereocenters. The molecule has 2 aliphatic rings. The van der Waals surface area contributed by atoms with Crippen LogP contribution in [0.1, 0.15) is 105 Å². The predicted octanol–water partition coefficient (Wildman–Crippen LogP) is 8.28. The molecule has 0 atom stereocenters. The van der Waals surface area contributed by atoms with Crippen LogP contribution in [0.15, 0.2) is 34.6 Å². The first kappa shape index (κ1) is 30.8. The second-order valence-corrected chi connectivity index (χ2v) is 5.87. The lowest BCUT2D eigenvalue weighted by Crippen LogP contribution is -2.03. The Morgan fingerprint density at radius 2 is 1.57 bits per heavy atom. The number of nitriles is 1. The van der Waals surface area contributed by atoms with Crippen LogP contribution in [0.4, 0.5) is 0 Å². The second kappa shape index (κ2) is 23.1. The topological polar surface area (TPSA) is 63.0 Å². The summed E-state index contributed by atoms with van der Waals surface area (Å²) in [5, 5.41) is 6.50. The number of allylic oxidation sites excluding steroid dienone is 3. The Hall–Kier alpha value is -1.95. The summed E-state index contributed by atoms with van der Waals surface area (Å²) in [5.74, 6) is 2.02. The highest BCUT2D eigenvalue weighted by molar-refractivity contribution is 5.68. The summed E-state index contributed by atoms with van der Waals surface area (Å²) in [5.41, 5.74) is 8.82. The minimum Gasteiger partial charge on any atom is -0.464 e. The van der Waals surface area contributed by atoms with Crippen LogP contribution in [0.3, 0.4) is 0 Å². The van der Waals surface area contributed by atoms with E-state index in [1.807, 2.05) is 60.6 Å². The summed E-state index contributed by atoms with van der Waals surface area (Å²) in [7, 11) is 0. The fourth-order valence-corrected chi connectivity index (χ4v) is 2.99. The number of rotatable bonds is 1.